The van der Waals surface area contributed by atoms with Crippen LogP contribution < -0.4 is 15.4 Å². The Kier molecular flexibility index (Phi) is 13.0. The van der Waals surface area contributed by atoms with Crippen LogP contribution in [-0.2, 0) is 36.1 Å². The fourth-order valence-corrected chi connectivity index (χ4v) is 14.8. The molecule has 5 heterocycles. The number of piperidine rings is 1. The van der Waals surface area contributed by atoms with E-state index in [1.54, 1.807) is 0 Å². The number of nitrogens with one attached hydrogen (secondary N) is 2. The quantitative estimate of drug-likeness (QED) is 0.137. The maximum Gasteiger partial charge on any atom is 0.153 e. The molecular weight excluding hydrogens is 880 g/mol. The highest BCUT2D eigenvalue weighted by atomic mass is 35.5. The molecule has 0 radical (unpaired) electrons. The number of aromatic nitrogens is 2. The standard InChI is InChI=1S/C54H72Cl2N8O3/c1-10-53-47-26-42(35-13-14-35)50(53)61(6)32(2)27-57-46-25-40(23-34-11-18-38(55)19-12-34)62(7)51-43(31-66-9)59-49(54(46,51)52(53)65)33(3)64(47)29-37-15-20-39(56)24-45(37)67-41-21-16-36(17-22-41)44-28-58-48(63(44)8)30-60(4)5/h11-12,15-22,24,28,32-33,35,40,42-43,46-47,49-51,57,59H,10,13-14,23,25-27,29-31H2,1-9H3/t32-,33-,40-,42-,43+,46?,47?,49?,50?,51?,53?,54?/m0/s1. The number of likely N-dealkylation sites (tertiary alicyclic amines) is 2. The fraction of sp³-hybridized carbons (Fsp3) is 0.593. The number of ketones is 1. The Labute approximate surface area is 408 Å². The highest BCUT2D eigenvalue weighted by Crippen LogP contribution is 2.65. The van der Waals surface area contributed by atoms with Gasteiger partial charge in [0.05, 0.1) is 35.9 Å². The van der Waals surface area contributed by atoms with E-state index in [0.29, 0.717) is 35.8 Å². The van der Waals surface area contributed by atoms with Gasteiger partial charge in [-0.1, -0.05) is 48.3 Å². The Morgan fingerprint density at radius 1 is 0.925 bits per heavy atom. The number of hydrogen-bond donors (Lipinski definition) is 2. The second-order valence-electron chi connectivity index (χ2n) is 21.5. The monoisotopic (exact) mass is 951 g/mol. The molecule has 1 spiro atoms. The van der Waals surface area contributed by atoms with E-state index in [4.69, 9.17) is 37.7 Å². The molecule has 13 heteroatoms. The molecule has 6 aliphatic rings. The zero-order valence-electron chi connectivity index (χ0n) is 41.0. The van der Waals surface area contributed by atoms with Gasteiger partial charge in [-0.2, -0.15) is 0 Å². The average Bonchev–Trinajstić information content (AvgIpc) is 3.90. The number of carbonyl (C=O) groups is 1. The number of Topliss-reactive ketones (excluding diaryl/α,β-unsaturated/α-hetero) is 1. The van der Waals surface area contributed by atoms with Crippen LogP contribution in [0.2, 0.25) is 10.0 Å². The van der Waals surface area contributed by atoms with Crippen LogP contribution in [0.5, 0.6) is 11.5 Å². The minimum absolute atomic E-state index is 0.00269. The van der Waals surface area contributed by atoms with Gasteiger partial charge in [-0.3, -0.25) is 19.5 Å². The van der Waals surface area contributed by atoms with Gasteiger partial charge in [0.2, 0.25) is 0 Å². The zero-order valence-corrected chi connectivity index (χ0v) is 42.5. The molecule has 3 aromatic carbocycles. The first kappa shape index (κ1) is 47.3. The average molecular weight is 952 g/mol. The Bertz CT molecular complexity index is 2430. The Morgan fingerprint density at radius 3 is 2.34 bits per heavy atom. The highest BCUT2D eigenvalue weighted by molar-refractivity contribution is 6.31. The lowest BCUT2D eigenvalue weighted by Gasteiger charge is -2.57. The zero-order chi connectivity index (χ0) is 47.1. The maximum atomic E-state index is 17.3. The van der Waals surface area contributed by atoms with Crippen molar-refractivity contribution in [1.29, 1.82) is 0 Å². The SMILES string of the molecule is CCC12C(=O)C34C5C[C@H](Cc6ccc(Cl)cc6)N(C)C3[C@@H](COC)NC4[C@H](C)N(Cc3ccc(Cl)cc3Oc3ccc(-c4cnc(CN(C)C)n4C)cc3)C1C[C@@H](C1CC1)C2N(C)[C@@H](C)CN5. The number of methoxy groups -OCH3 is 1. The van der Waals surface area contributed by atoms with E-state index >= 15 is 4.79 Å². The van der Waals surface area contributed by atoms with Crippen molar-refractivity contribution >= 4 is 29.0 Å². The maximum absolute atomic E-state index is 17.3. The van der Waals surface area contributed by atoms with Crippen molar-refractivity contribution in [3.8, 4) is 22.8 Å². The van der Waals surface area contributed by atoms with Gasteiger partial charge in [-0.25, -0.2) is 4.98 Å². The summed E-state index contributed by atoms with van der Waals surface area (Å²) < 4.78 is 15.2. The van der Waals surface area contributed by atoms with Crippen LogP contribution in [-0.4, -0.2) is 138 Å². The Morgan fingerprint density at radius 2 is 1.66 bits per heavy atom. The van der Waals surface area contributed by atoms with Crippen molar-refractivity contribution < 1.29 is 14.3 Å². The van der Waals surface area contributed by atoms with Crippen LogP contribution in [0.3, 0.4) is 0 Å². The first-order valence-corrected chi connectivity index (χ1v) is 25.7. The van der Waals surface area contributed by atoms with Crippen molar-refractivity contribution in [2.75, 3.05) is 48.5 Å². The summed E-state index contributed by atoms with van der Waals surface area (Å²) in [6, 6.07) is 23.1. The van der Waals surface area contributed by atoms with E-state index in [9.17, 15) is 0 Å². The normalized spacial score (nSPS) is 34.5. The molecule has 6 fully saturated rings. The smallest absolute Gasteiger partial charge is 0.153 e. The molecule has 0 amide bonds. The van der Waals surface area contributed by atoms with Crippen LogP contribution in [0.25, 0.3) is 11.3 Å². The second-order valence-corrected chi connectivity index (χ2v) is 22.4. The van der Waals surface area contributed by atoms with E-state index in [0.717, 1.165) is 77.9 Å². The number of likely N-dealkylation sites (N-methyl/N-ethyl adjacent to an activating group) is 2. The first-order valence-electron chi connectivity index (χ1n) is 24.9. The topological polar surface area (TPSA) is 90.4 Å². The lowest BCUT2D eigenvalue weighted by atomic mass is 9.54. The summed E-state index contributed by atoms with van der Waals surface area (Å²) in [7, 11) is 12.6. The Hall–Kier alpha value is -3.36. The predicted octanol–water partition coefficient (Wildman–Crippen LogP) is 8.17. The number of ether oxygens (including phenoxy) is 2. The van der Waals surface area contributed by atoms with Gasteiger partial charge in [-0.05, 0) is 146 Å². The van der Waals surface area contributed by atoms with Gasteiger partial charge in [0.1, 0.15) is 17.3 Å². The molecule has 2 bridgehead atoms. The van der Waals surface area contributed by atoms with Crippen LogP contribution in [0.1, 0.15) is 69.8 Å². The van der Waals surface area contributed by atoms with E-state index in [-0.39, 0.29) is 54.4 Å². The largest absolute Gasteiger partial charge is 0.457 e. The van der Waals surface area contributed by atoms with Crippen molar-refractivity contribution in [2.24, 2.45) is 29.7 Å². The molecule has 4 saturated heterocycles. The molecule has 11 nitrogen and oxygen atoms in total. The number of nitrogens with zero attached hydrogens (tertiary/aromatic N) is 6. The van der Waals surface area contributed by atoms with Gasteiger partial charge in [-0.15, -0.1) is 0 Å². The summed E-state index contributed by atoms with van der Waals surface area (Å²) in [5, 5.41) is 9.84. The molecule has 4 aliphatic heterocycles. The van der Waals surface area contributed by atoms with E-state index in [1.807, 2.05) is 49.7 Å². The Balaban J connectivity index is 1.07. The molecule has 1 aromatic heterocycles. The minimum Gasteiger partial charge on any atom is -0.457 e. The number of imidazole rings is 1. The molecule has 4 aromatic rings. The number of rotatable bonds is 13. The number of carbonyl (C=O) groups excluding carboxylic acids is 1. The van der Waals surface area contributed by atoms with Crippen LogP contribution in [0.15, 0.2) is 72.9 Å². The second kappa shape index (κ2) is 18.4. The summed E-state index contributed by atoms with van der Waals surface area (Å²) in [5.74, 6) is 4.04. The molecule has 360 valence electrons. The lowest BCUT2D eigenvalue weighted by molar-refractivity contribution is -0.154. The van der Waals surface area contributed by atoms with Crippen LogP contribution in [0, 0.1) is 22.7 Å². The summed E-state index contributed by atoms with van der Waals surface area (Å²) in [6.07, 6.45) is 7.98. The predicted molar refractivity (Wildman–Crippen MR) is 268 cm³/mol. The minimum atomic E-state index is -0.722. The van der Waals surface area contributed by atoms with Crippen LogP contribution >= 0.6 is 23.2 Å². The molecule has 67 heavy (non-hydrogen) atoms. The molecule has 12 atom stereocenters. The van der Waals surface area contributed by atoms with Gasteiger partial charge >= 0.3 is 0 Å². The van der Waals surface area contributed by atoms with Crippen molar-refractivity contribution in [3.63, 3.8) is 0 Å². The molecule has 2 aliphatic carbocycles. The van der Waals surface area contributed by atoms with Crippen LogP contribution in [0.4, 0.5) is 0 Å². The van der Waals surface area contributed by atoms with E-state index < -0.39 is 10.8 Å². The molecule has 2 N–H and O–H groups in total. The van der Waals surface area contributed by atoms with Gasteiger partial charge < -0.3 is 29.6 Å². The van der Waals surface area contributed by atoms with Gasteiger partial charge in [0, 0.05) is 103 Å². The molecule has 10 rings (SSSR count). The molecule has 7 unspecified atom stereocenters. The molecular formula is C54H72Cl2N8O3. The van der Waals surface area contributed by atoms with Crippen molar-refractivity contribution in [3.05, 3.63) is 99.9 Å². The summed E-state index contributed by atoms with van der Waals surface area (Å²) in [5.41, 5.74) is 3.12. The third-order valence-corrected chi connectivity index (χ3v) is 18.2. The molecule has 2 saturated carbocycles. The summed E-state index contributed by atoms with van der Waals surface area (Å²) in [4.78, 5) is 32.1. The number of benzene rings is 3. The lowest BCUT2D eigenvalue weighted by Crippen LogP contribution is -2.73. The number of halogens is 2. The third-order valence-electron chi connectivity index (χ3n) is 17.8. The van der Waals surface area contributed by atoms with E-state index in [1.165, 1.54) is 18.4 Å². The fourth-order valence-electron chi connectivity index (χ4n) is 14.5. The van der Waals surface area contributed by atoms with Gasteiger partial charge in [0.15, 0.2) is 5.78 Å². The van der Waals surface area contributed by atoms with Crippen molar-refractivity contribution in [1.82, 2.24) is 39.8 Å². The van der Waals surface area contributed by atoms with E-state index in [2.05, 4.69) is 121 Å². The van der Waals surface area contributed by atoms with Crippen molar-refractivity contribution in [2.45, 2.75) is 127 Å². The number of hydrogen-bond acceptors (Lipinski definition) is 10. The highest BCUT2D eigenvalue weighted by Gasteiger charge is 2.77. The first-order chi connectivity index (χ1) is 32.2. The van der Waals surface area contributed by atoms with Gasteiger partial charge in [0.25, 0.3) is 0 Å². The summed E-state index contributed by atoms with van der Waals surface area (Å²) >= 11 is 13.2. The summed E-state index contributed by atoms with van der Waals surface area (Å²) in [6.45, 7) is 9.88. The third kappa shape index (κ3) is 7.91.